The summed E-state index contributed by atoms with van der Waals surface area (Å²) in [5.41, 5.74) is 5.92. The molecular formula is C22H28IN5O2. The van der Waals surface area contributed by atoms with Gasteiger partial charge < -0.3 is 19.8 Å². The maximum atomic E-state index is 5.60. The van der Waals surface area contributed by atoms with Crippen molar-refractivity contribution in [3.05, 3.63) is 64.8 Å². The average Bonchev–Trinajstić information content (AvgIpc) is 3.19. The lowest BCUT2D eigenvalue weighted by molar-refractivity contribution is 0.406. The van der Waals surface area contributed by atoms with Crippen molar-refractivity contribution in [2.45, 2.75) is 33.9 Å². The first-order valence-corrected chi connectivity index (χ1v) is 9.46. The molecule has 0 aliphatic carbocycles. The van der Waals surface area contributed by atoms with Crippen LogP contribution in [-0.4, -0.2) is 30.1 Å². The molecular weight excluding hydrogens is 493 g/mol. The molecule has 8 heteroatoms. The van der Waals surface area contributed by atoms with Crippen molar-refractivity contribution in [2.24, 2.45) is 4.99 Å². The maximum Gasteiger partial charge on any atom is 0.226 e. The molecule has 3 aromatic rings. The van der Waals surface area contributed by atoms with Gasteiger partial charge in [0.25, 0.3) is 0 Å². The normalized spacial score (nSPS) is 11.0. The number of halogens is 1. The number of aliphatic imine (C=N–C) groups is 1. The number of hydrogen-bond donors (Lipinski definition) is 2. The average molecular weight is 521 g/mol. The van der Waals surface area contributed by atoms with Gasteiger partial charge in [-0.15, -0.1) is 24.0 Å². The van der Waals surface area contributed by atoms with E-state index < -0.39 is 0 Å². The number of ether oxygens (including phenoxy) is 1. The highest BCUT2D eigenvalue weighted by atomic mass is 127. The standard InChI is InChI=1S/C22H27N5O2.HI/c1-14-6-8-17(9-7-14)21-27-18(13-29-21)11-25-22(23-4)26-12-19-16(3)20(28-5)15(2)10-24-19;/h6-10,13H,11-12H2,1-5H3,(H2,23,25,26);1H. The fourth-order valence-electron chi connectivity index (χ4n) is 3.03. The van der Waals surface area contributed by atoms with E-state index >= 15 is 0 Å². The molecule has 3 rings (SSSR count). The van der Waals surface area contributed by atoms with Gasteiger partial charge in [0.05, 0.1) is 31.6 Å². The summed E-state index contributed by atoms with van der Waals surface area (Å²) in [5.74, 6) is 2.13. The van der Waals surface area contributed by atoms with Crippen LogP contribution in [-0.2, 0) is 13.1 Å². The number of nitrogens with one attached hydrogen (secondary N) is 2. The van der Waals surface area contributed by atoms with Crippen LogP contribution >= 0.6 is 24.0 Å². The van der Waals surface area contributed by atoms with Gasteiger partial charge in [-0.3, -0.25) is 9.98 Å². The molecule has 0 aliphatic rings. The molecule has 1 aromatic carbocycles. The van der Waals surface area contributed by atoms with Crippen LogP contribution in [0.15, 0.2) is 46.1 Å². The highest BCUT2D eigenvalue weighted by molar-refractivity contribution is 14.0. The zero-order valence-electron chi connectivity index (χ0n) is 17.9. The van der Waals surface area contributed by atoms with E-state index in [4.69, 9.17) is 9.15 Å². The van der Waals surface area contributed by atoms with Gasteiger partial charge in [-0.05, 0) is 32.9 Å². The van der Waals surface area contributed by atoms with Crippen molar-refractivity contribution < 1.29 is 9.15 Å². The van der Waals surface area contributed by atoms with Crippen LogP contribution in [0.4, 0.5) is 0 Å². The third-order valence-corrected chi connectivity index (χ3v) is 4.68. The Balaban J connectivity index is 0.00000320. The van der Waals surface area contributed by atoms with Gasteiger partial charge >= 0.3 is 0 Å². The lowest BCUT2D eigenvalue weighted by atomic mass is 10.1. The van der Waals surface area contributed by atoms with Gasteiger partial charge in [-0.1, -0.05) is 17.7 Å². The SMILES string of the molecule is CN=C(NCc1coc(-c2ccc(C)cc2)n1)NCc1ncc(C)c(OC)c1C.I. The summed E-state index contributed by atoms with van der Waals surface area (Å²) < 4.78 is 11.1. The van der Waals surface area contributed by atoms with Gasteiger partial charge in [0, 0.05) is 29.9 Å². The van der Waals surface area contributed by atoms with Crippen LogP contribution in [0.2, 0.25) is 0 Å². The second kappa shape index (κ2) is 11.0. The second-order valence-corrected chi connectivity index (χ2v) is 6.84. The van der Waals surface area contributed by atoms with E-state index in [2.05, 4.69) is 32.5 Å². The van der Waals surface area contributed by atoms with Gasteiger partial charge in [-0.25, -0.2) is 4.98 Å². The first-order chi connectivity index (χ1) is 14.0. The third kappa shape index (κ3) is 5.71. The third-order valence-electron chi connectivity index (χ3n) is 4.68. The summed E-state index contributed by atoms with van der Waals surface area (Å²) in [5, 5.41) is 6.52. The Labute approximate surface area is 194 Å². The van der Waals surface area contributed by atoms with Crippen LogP contribution < -0.4 is 15.4 Å². The Hall–Kier alpha value is -2.62. The molecule has 0 fully saturated rings. The molecule has 0 spiro atoms. The van der Waals surface area contributed by atoms with Crippen LogP contribution in [0, 0.1) is 20.8 Å². The van der Waals surface area contributed by atoms with E-state index in [1.165, 1.54) is 5.56 Å². The predicted octanol–water partition coefficient (Wildman–Crippen LogP) is 4.15. The Morgan fingerprint density at radius 3 is 2.47 bits per heavy atom. The second-order valence-electron chi connectivity index (χ2n) is 6.84. The van der Waals surface area contributed by atoms with Crippen LogP contribution in [0.5, 0.6) is 5.75 Å². The van der Waals surface area contributed by atoms with Crippen molar-refractivity contribution in [1.82, 2.24) is 20.6 Å². The minimum Gasteiger partial charge on any atom is -0.496 e. The molecule has 0 unspecified atom stereocenters. The van der Waals surface area contributed by atoms with Crippen LogP contribution in [0.25, 0.3) is 11.5 Å². The quantitative estimate of drug-likeness (QED) is 0.288. The van der Waals surface area contributed by atoms with Crippen molar-refractivity contribution in [1.29, 1.82) is 0 Å². The Morgan fingerprint density at radius 2 is 1.80 bits per heavy atom. The monoisotopic (exact) mass is 521 g/mol. The zero-order valence-corrected chi connectivity index (χ0v) is 20.3. The predicted molar refractivity (Wildman–Crippen MR) is 129 cm³/mol. The summed E-state index contributed by atoms with van der Waals surface area (Å²) in [6, 6.07) is 8.09. The number of pyridine rings is 1. The van der Waals surface area contributed by atoms with Gasteiger partial charge in [0.2, 0.25) is 5.89 Å². The summed E-state index contributed by atoms with van der Waals surface area (Å²) in [4.78, 5) is 13.3. The van der Waals surface area contributed by atoms with E-state index in [9.17, 15) is 0 Å². The Kier molecular flexibility index (Phi) is 8.64. The molecule has 0 radical (unpaired) electrons. The molecule has 0 saturated carbocycles. The first kappa shape index (κ1) is 23.7. The van der Waals surface area contributed by atoms with Gasteiger partial charge in [0.15, 0.2) is 5.96 Å². The molecule has 7 nitrogen and oxygen atoms in total. The number of benzene rings is 1. The number of hydrogen-bond acceptors (Lipinski definition) is 5. The maximum absolute atomic E-state index is 5.60. The van der Waals surface area contributed by atoms with E-state index in [0.717, 1.165) is 33.8 Å². The van der Waals surface area contributed by atoms with Crippen molar-refractivity contribution >= 4 is 29.9 Å². The van der Waals surface area contributed by atoms with Gasteiger partial charge in [-0.2, -0.15) is 0 Å². The Bertz CT molecular complexity index is 999. The fourth-order valence-corrected chi connectivity index (χ4v) is 3.03. The van der Waals surface area contributed by atoms with Crippen molar-refractivity contribution in [3.8, 4) is 17.2 Å². The van der Waals surface area contributed by atoms with Crippen molar-refractivity contribution in [2.75, 3.05) is 14.2 Å². The molecule has 0 amide bonds. The smallest absolute Gasteiger partial charge is 0.226 e. The topological polar surface area (TPSA) is 84.6 Å². The van der Waals surface area contributed by atoms with E-state index in [1.54, 1.807) is 20.4 Å². The van der Waals surface area contributed by atoms with Gasteiger partial charge in [0.1, 0.15) is 12.0 Å². The number of aromatic nitrogens is 2. The molecule has 160 valence electrons. The lowest BCUT2D eigenvalue weighted by Gasteiger charge is -2.14. The number of oxazole rings is 1. The summed E-state index contributed by atoms with van der Waals surface area (Å²) in [7, 11) is 3.40. The van der Waals surface area contributed by atoms with E-state index in [1.807, 2.05) is 44.3 Å². The molecule has 2 N–H and O–H groups in total. The van der Waals surface area contributed by atoms with E-state index in [-0.39, 0.29) is 24.0 Å². The number of guanidine groups is 1. The highest BCUT2D eigenvalue weighted by Crippen LogP contribution is 2.23. The molecule has 0 saturated heterocycles. The van der Waals surface area contributed by atoms with E-state index in [0.29, 0.717) is 24.9 Å². The molecule has 2 aromatic heterocycles. The highest BCUT2D eigenvalue weighted by Gasteiger charge is 2.11. The minimum atomic E-state index is 0. The summed E-state index contributed by atoms with van der Waals surface area (Å²) in [6.07, 6.45) is 3.48. The fraction of sp³-hybridized carbons (Fsp3) is 0.318. The molecule has 2 heterocycles. The van der Waals surface area contributed by atoms with Crippen LogP contribution in [0.1, 0.15) is 28.1 Å². The first-order valence-electron chi connectivity index (χ1n) is 9.46. The largest absolute Gasteiger partial charge is 0.496 e. The number of nitrogens with zero attached hydrogens (tertiary/aromatic N) is 3. The summed E-state index contributed by atoms with van der Waals surface area (Å²) >= 11 is 0. The zero-order chi connectivity index (χ0) is 20.8. The van der Waals surface area contributed by atoms with Crippen LogP contribution in [0.3, 0.4) is 0 Å². The molecule has 0 aliphatic heterocycles. The number of methoxy groups -OCH3 is 1. The molecule has 0 atom stereocenters. The number of aryl methyl sites for hydroxylation is 2. The Morgan fingerprint density at radius 1 is 1.10 bits per heavy atom. The number of rotatable bonds is 6. The van der Waals surface area contributed by atoms with Crippen molar-refractivity contribution in [3.63, 3.8) is 0 Å². The lowest BCUT2D eigenvalue weighted by Crippen LogP contribution is -2.36. The summed E-state index contributed by atoms with van der Waals surface area (Å²) in [6.45, 7) is 7.08. The molecule has 0 bridgehead atoms. The molecule has 30 heavy (non-hydrogen) atoms. The minimum absolute atomic E-state index is 0.